The molecule has 4 rings (SSSR count). The largest absolute Gasteiger partial charge is 0.490 e. The van der Waals surface area contributed by atoms with Crippen molar-refractivity contribution in [2.45, 2.75) is 51.0 Å². The summed E-state index contributed by atoms with van der Waals surface area (Å²) in [6.45, 7) is 0. The summed E-state index contributed by atoms with van der Waals surface area (Å²) in [4.78, 5) is 23.5. The number of benzene rings is 2. The highest BCUT2D eigenvalue weighted by molar-refractivity contribution is 7.11. The Kier molecular flexibility index (Phi) is 7.27. The fourth-order valence-electron chi connectivity index (χ4n) is 4.05. The number of carboxylic acids is 1. The third-order valence-corrected chi connectivity index (χ3v) is 6.68. The van der Waals surface area contributed by atoms with Gasteiger partial charge in [0.2, 0.25) is 0 Å². The van der Waals surface area contributed by atoms with Crippen LogP contribution in [-0.4, -0.2) is 33.2 Å². The van der Waals surface area contributed by atoms with Gasteiger partial charge < -0.3 is 9.84 Å². The Morgan fingerprint density at radius 1 is 0.938 bits per heavy atom. The molecule has 0 unspecified atom stereocenters. The lowest BCUT2D eigenvalue weighted by Crippen LogP contribution is -2.25. The topological polar surface area (TPSA) is 89.4 Å². The molecule has 6 nitrogen and oxygen atoms in total. The van der Waals surface area contributed by atoms with Crippen molar-refractivity contribution in [1.82, 2.24) is 10.2 Å². The van der Waals surface area contributed by atoms with Crippen LogP contribution in [0.25, 0.3) is 0 Å². The molecule has 0 aliphatic heterocycles. The molecule has 1 heterocycles. The number of ketones is 1. The van der Waals surface area contributed by atoms with Crippen LogP contribution >= 0.6 is 11.3 Å². The molecule has 3 aromatic rings. The molecule has 1 aliphatic rings. The Hall–Kier alpha value is -3.06. The van der Waals surface area contributed by atoms with E-state index in [-0.39, 0.29) is 30.6 Å². The van der Waals surface area contributed by atoms with Crippen LogP contribution in [0.15, 0.2) is 54.6 Å². The van der Waals surface area contributed by atoms with Gasteiger partial charge in [-0.25, -0.2) is 0 Å². The summed E-state index contributed by atoms with van der Waals surface area (Å²) in [7, 11) is 0. The molecule has 1 N–H and O–H groups in total. The van der Waals surface area contributed by atoms with Gasteiger partial charge >= 0.3 is 5.97 Å². The molecule has 0 spiro atoms. The maximum atomic E-state index is 12.7. The van der Waals surface area contributed by atoms with Crippen LogP contribution in [0.5, 0.6) is 5.75 Å². The summed E-state index contributed by atoms with van der Waals surface area (Å²) in [5.74, 6) is 0.272. The van der Waals surface area contributed by atoms with Crippen LogP contribution in [-0.2, 0) is 17.6 Å². The number of hydrogen-bond acceptors (Lipinski definition) is 6. The highest BCUT2D eigenvalue weighted by Crippen LogP contribution is 2.29. The Labute approximate surface area is 191 Å². The van der Waals surface area contributed by atoms with E-state index in [2.05, 4.69) is 22.3 Å². The molecule has 7 heteroatoms. The number of ether oxygens (including phenoxy) is 1. The summed E-state index contributed by atoms with van der Waals surface area (Å²) in [6, 6.07) is 17.3. The number of nitrogens with zero attached hydrogens (tertiary/aromatic N) is 2. The van der Waals surface area contributed by atoms with Crippen molar-refractivity contribution in [1.29, 1.82) is 0 Å². The number of Topliss-reactive ketones (excluding diaryl/α,β-unsaturated/α-hetero) is 1. The first-order valence-corrected chi connectivity index (χ1v) is 11.7. The monoisotopic (exact) mass is 450 g/mol. The molecule has 0 atom stereocenters. The number of rotatable bonds is 9. The van der Waals surface area contributed by atoms with Crippen LogP contribution < -0.4 is 4.74 Å². The van der Waals surface area contributed by atoms with Gasteiger partial charge in [-0.2, -0.15) is 0 Å². The molecule has 2 aromatic carbocycles. The standard InChI is InChI=1S/C25H26N2O4S/c28-22(16-24-27-26-23(32-24)14-17-4-2-1-3-5-17)19-8-12-21(13-9-19)31-20-10-6-18(7-11-20)15-25(29)30/h1-5,8-9,12-13,18,20H,6-7,10-11,14-16H2,(H,29,30). The van der Waals surface area contributed by atoms with Crippen molar-refractivity contribution in [3.63, 3.8) is 0 Å². The second kappa shape index (κ2) is 10.5. The lowest BCUT2D eigenvalue weighted by molar-refractivity contribution is -0.138. The van der Waals surface area contributed by atoms with Gasteiger partial charge in [0.25, 0.3) is 0 Å². The normalized spacial score (nSPS) is 18.2. The average Bonchev–Trinajstić information content (AvgIpc) is 3.22. The number of carbonyl (C=O) groups excluding carboxylic acids is 1. The second-order valence-corrected chi connectivity index (χ2v) is 9.38. The minimum absolute atomic E-state index is 0.00754. The summed E-state index contributed by atoms with van der Waals surface area (Å²) >= 11 is 1.48. The van der Waals surface area contributed by atoms with Crippen LogP contribution in [0.3, 0.4) is 0 Å². The number of aromatic nitrogens is 2. The van der Waals surface area contributed by atoms with Gasteiger partial charge in [0, 0.05) is 18.4 Å². The van der Waals surface area contributed by atoms with Gasteiger partial charge in [-0.1, -0.05) is 30.3 Å². The summed E-state index contributed by atoms with van der Waals surface area (Å²) in [5, 5.41) is 19.0. The fraction of sp³-hybridized carbons (Fsp3) is 0.360. The first-order valence-electron chi connectivity index (χ1n) is 10.9. The van der Waals surface area contributed by atoms with Gasteiger partial charge in [0.15, 0.2) is 5.78 Å². The quantitative estimate of drug-likeness (QED) is 0.463. The van der Waals surface area contributed by atoms with Crippen molar-refractivity contribution in [3.05, 3.63) is 75.7 Å². The fourth-order valence-corrected chi connectivity index (χ4v) is 4.93. The molecule has 1 saturated carbocycles. The maximum Gasteiger partial charge on any atom is 0.303 e. The van der Waals surface area contributed by atoms with Gasteiger partial charge in [0.1, 0.15) is 15.8 Å². The Balaban J connectivity index is 1.27. The molecule has 0 radical (unpaired) electrons. The van der Waals surface area contributed by atoms with Crippen LogP contribution in [0.2, 0.25) is 0 Å². The Morgan fingerprint density at radius 2 is 1.62 bits per heavy atom. The van der Waals surface area contributed by atoms with E-state index in [4.69, 9.17) is 9.84 Å². The van der Waals surface area contributed by atoms with Gasteiger partial charge in [-0.15, -0.1) is 21.5 Å². The van der Waals surface area contributed by atoms with E-state index >= 15 is 0 Å². The van der Waals surface area contributed by atoms with Crippen molar-refractivity contribution in [2.75, 3.05) is 0 Å². The van der Waals surface area contributed by atoms with Gasteiger partial charge in [-0.3, -0.25) is 9.59 Å². The second-order valence-electron chi connectivity index (χ2n) is 8.23. The minimum Gasteiger partial charge on any atom is -0.490 e. The van der Waals surface area contributed by atoms with E-state index in [1.165, 1.54) is 16.9 Å². The first-order chi connectivity index (χ1) is 15.5. The smallest absolute Gasteiger partial charge is 0.303 e. The molecule has 166 valence electrons. The van der Waals surface area contributed by atoms with Crippen molar-refractivity contribution >= 4 is 23.1 Å². The summed E-state index contributed by atoms with van der Waals surface area (Å²) < 4.78 is 6.04. The molecular weight excluding hydrogens is 424 g/mol. The van der Waals surface area contributed by atoms with Crippen molar-refractivity contribution < 1.29 is 19.4 Å². The number of aliphatic carboxylic acids is 1. The van der Waals surface area contributed by atoms with Crippen LogP contribution in [0.1, 0.15) is 58.0 Å². The van der Waals surface area contributed by atoms with E-state index in [1.54, 1.807) is 12.1 Å². The third-order valence-electron chi connectivity index (χ3n) is 5.75. The van der Waals surface area contributed by atoms with Gasteiger partial charge in [0.05, 0.1) is 12.5 Å². The van der Waals surface area contributed by atoms with Crippen molar-refractivity contribution in [2.24, 2.45) is 5.92 Å². The molecule has 1 fully saturated rings. The Bertz CT molecular complexity index is 1040. The number of carbonyl (C=O) groups is 2. The molecule has 0 saturated heterocycles. The zero-order valence-electron chi connectivity index (χ0n) is 17.8. The first kappa shape index (κ1) is 22.1. The van der Waals surface area contributed by atoms with Gasteiger partial charge in [-0.05, 0) is 61.4 Å². The van der Waals surface area contributed by atoms with E-state index in [0.717, 1.165) is 47.9 Å². The zero-order valence-corrected chi connectivity index (χ0v) is 18.6. The summed E-state index contributed by atoms with van der Waals surface area (Å²) in [6.07, 6.45) is 4.78. The zero-order chi connectivity index (χ0) is 22.3. The molecule has 1 aliphatic carbocycles. The molecule has 32 heavy (non-hydrogen) atoms. The average molecular weight is 451 g/mol. The van der Waals surface area contributed by atoms with E-state index in [0.29, 0.717) is 5.56 Å². The van der Waals surface area contributed by atoms with Crippen LogP contribution in [0, 0.1) is 5.92 Å². The number of hydrogen-bond donors (Lipinski definition) is 1. The SMILES string of the molecule is O=C(O)CC1CCC(Oc2ccc(C(=O)Cc3nnc(Cc4ccccc4)s3)cc2)CC1. The predicted molar refractivity (Wildman–Crippen MR) is 122 cm³/mol. The van der Waals surface area contributed by atoms with Crippen molar-refractivity contribution in [3.8, 4) is 5.75 Å². The molecule has 0 bridgehead atoms. The van der Waals surface area contributed by atoms with Crippen LogP contribution in [0.4, 0.5) is 0 Å². The molecular formula is C25H26N2O4S. The van der Waals surface area contributed by atoms with E-state index < -0.39 is 5.97 Å². The summed E-state index contributed by atoms with van der Waals surface area (Å²) in [5.41, 5.74) is 1.80. The molecule has 0 amide bonds. The lowest BCUT2D eigenvalue weighted by Gasteiger charge is -2.28. The predicted octanol–water partition coefficient (Wildman–Crippen LogP) is 4.97. The lowest BCUT2D eigenvalue weighted by atomic mass is 9.85. The Morgan fingerprint density at radius 3 is 2.31 bits per heavy atom. The van der Waals surface area contributed by atoms with E-state index in [9.17, 15) is 9.59 Å². The highest BCUT2D eigenvalue weighted by atomic mass is 32.1. The number of carboxylic acid groups (broad SMARTS) is 1. The maximum absolute atomic E-state index is 12.7. The molecule has 1 aromatic heterocycles. The minimum atomic E-state index is -0.726. The highest BCUT2D eigenvalue weighted by Gasteiger charge is 2.24. The third kappa shape index (κ3) is 6.23. The van der Waals surface area contributed by atoms with E-state index in [1.807, 2.05) is 30.3 Å².